The molecule has 0 radical (unpaired) electrons. The van der Waals surface area contributed by atoms with E-state index in [4.69, 9.17) is 10.5 Å². The molecule has 14 heteroatoms. The van der Waals surface area contributed by atoms with Crippen molar-refractivity contribution in [3.63, 3.8) is 0 Å². The number of benzene rings is 2. The van der Waals surface area contributed by atoms with Gasteiger partial charge in [0.1, 0.15) is 17.7 Å². The molecule has 1 atom stereocenters. The van der Waals surface area contributed by atoms with Crippen molar-refractivity contribution in [2.75, 3.05) is 29.5 Å². The maximum absolute atomic E-state index is 14.0. The fraction of sp³-hybridized carbons (Fsp3) is 0.231. The molecule has 0 aliphatic carbocycles. The van der Waals surface area contributed by atoms with Gasteiger partial charge in [0.05, 0.1) is 22.9 Å². The molecule has 4 aromatic rings. The summed E-state index contributed by atoms with van der Waals surface area (Å²) in [5.41, 5.74) is 6.35. The molecule has 0 saturated carbocycles. The van der Waals surface area contributed by atoms with Gasteiger partial charge in [-0.05, 0) is 48.7 Å². The molecule has 2 aromatic heterocycles. The van der Waals surface area contributed by atoms with Gasteiger partial charge in [0, 0.05) is 30.6 Å². The molecule has 3 heterocycles. The predicted molar refractivity (Wildman–Crippen MR) is 138 cm³/mol. The Morgan fingerprint density at radius 2 is 1.90 bits per heavy atom. The second kappa shape index (κ2) is 10.8. The van der Waals surface area contributed by atoms with Crippen LogP contribution < -0.4 is 21.7 Å². The third-order valence-electron chi connectivity index (χ3n) is 6.33. The third kappa shape index (κ3) is 5.66. The molecule has 1 unspecified atom stereocenters. The number of nitrogens with zero attached hydrogens (tertiary/aromatic N) is 3. The third-order valence-corrected chi connectivity index (χ3v) is 6.33. The number of carbonyl (C=O) groups is 2. The molecule has 1 fully saturated rings. The van der Waals surface area contributed by atoms with E-state index in [2.05, 4.69) is 26.0 Å². The first-order valence-electron chi connectivity index (χ1n) is 12.2. The molecule has 2 aromatic carbocycles. The van der Waals surface area contributed by atoms with Gasteiger partial charge in [0.25, 0.3) is 5.91 Å². The largest absolute Gasteiger partial charge is 0.416 e. The van der Waals surface area contributed by atoms with Gasteiger partial charge in [-0.2, -0.15) is 18.3 Å². The lowest BCUT2D eigenvalue weighted by Gasteiger charge is -2.13. The van der Waals surface area contributed by atoms with Gasteiger partial charge in [-0.25, -0.2) is 18.7 Å². The normalized spacial score (nSPS) is 15.2. The molecular formula is C26H23F4N7O3. The van der Waals surface area contributed by atoms with Gasteiger partial charge in [-0.3, -0.25) is 4.79 Å². The van der Waals surface area contributed by atoms with Crippen molar-refractivity contribution in [1.29, 1.82) is 0 Å². The summed E-state index contributed by atoms with van der Waals surface area (Å²) in [6.45, 7) is 0.997. The van der Waals surface area contributed by atoms with Crippen LogP contribution in [0.15, 0.2) is 55.0 Å². The Morgan fingerprint density at radius 3 is 2.60 bits per heavy atom. The van der Waals surface area contributed by atoms with Gasteiger partial charge in [-0.1, -0.05) is 12.1 Å². The van der Waals surface area contributed by atoms with Crippen LogP contribution in [0.25, 0.3) is 16.6 Å². The first kappa shape index (κ1) is 26.9. The van der Waals surface area contributed by atoms with Crippen LogP contribution in [-0.4, -0.2) is 45.8 Å². The number of ether oxygens (including phenoxy) is 1. The highest BCUT2D eigenvalue weighted by Crippen LogP contribution is 2.34. The van der Waals surface area contributed by atoms with Crippen LogP contribution in [0.2, 0.25) is 0 Å². The first-order valence-corrected chi connectivity index (χ1v) is 12.2. The Morgan fingerprint density at radius 1 is 1.12 bits per heavy atom. The number of hydrogen-bond acceptors (Lipinski definition) is 6. The summed E-state index contributed by atoms with van der Waals surface area (Å²) in [5, 5.41) is 11.5. The van der Waals surface area contributed by atoms with E-state index in [1.807, 2.05) is 0 Å². The lowest BCUT2D eigenvalue weighted by atomic mass is 10.0. The zero-order valence-electron chi connectivity index (χ0n) is 20.8. The zero-order valence-corrected chi connectivity index (χ0v) is 20.8. The van der Waals surface area contributed by atoms with Crippen LogP contribution in [-0.2, 0) is 10.9 Å². The average molecular weight is 558 g/mol. The molecular weight excluding hydrogens is 534 g/mol. The van der Waals surface area contributed by atoms with E-state index < -0.39 is 29.3 Å². The lowest BCUT2D eigenvalue weighted by molar-refractivity contribution is -0.137. The van der Waals surface area contributed by atoms with Crippen molar-refractivity contribution in [3.8, 4) is 11.1 Å². The van der Waals surface area contributed by atoms with Crippen LogP contribution >= 0.6 is 0 Å². The molecule has 0 spiro atoms. The monoisotopic (exact) mass is 557 g/mol. The quantitative estimate of drug-likeness (QED) is 0.254. The highest BCUT2D eigenvalue weighted by Gasteiger charge is 2.31. The number of rotatable bonds is 6. The number of hydrogen-bond donors (Lipinski definition) is 4. The molecule has 1 aliphatic heterocycles. The molecule has 10 nitrogen and oxygen atoms in total. The molecule has 208 valence electrons. The van der Waals surface area contributed by atoms with Gasteiger partial charge in [0.15, 0.2) is 5.82 Å². The summed E-state index contributed by atoms with van der Waals surface area (Å²) in [4.78, 5) is 29.6. The van der Waals surface area contributed by atoms with E-state index >= 15 is 0 Å². The Hall–Kier alpha value is -4.72. The van der Waals surface area contributed by atoms with E-state index in [-0.39, 0.29) is 23.5 Å². The van der Waals surface area contributed by atoms with Gasteiger partial charge in [-0.15, -0.1) is 0 Å². The fourth-order valence-electron chi connectivity index (χ4n) is 4.41. The Labute approximate surface area is 224 Å². The maximum Gasteiger partial charge on any atom is 0.416 e. The van der Waals surface area contributed by atoms with Crippen LogP contribution in [0.3, 0.4) is 0 Å². The molecule has 1 saturated heterocycles. The molecule has 1 aliphatic rings. The van der Waals surface area contributed by atoms with Crippen LogP contribution in [0.4, 0.5) is 39.5 Å². The first-order chi connectivity index (χ1) is 19.1. The summed E-state index contributed by atoms with van der Waals surface area (Å²) in [5.74, 6) is -1.24. The Kier molecular flexibility index (Phi) is 7.26. The minimum absolute atomic E-state index is 0.0600. The van der Waals surface area contributed by atoms with Crippen molar-refractivity contribution in [1.82, 2.24) is 19.9 Å². The molecule has 5 N–H and O–H groups in total. The smallest absolute Gasteiger partial charge is 0.382 e. The number of nitrogen functional groups attached to an aromatic ring is 1. The number of aromatic nitrogens is 3. The van der Waals surface area contributed by atoms with E-state index in [1.54, 1.807) is 12.1 Å². The fourth-order valence-corrected chi connectivity index (χ4v) is 4.41. The minimum atomic E-state index is -4.70. The maximum atomic E-state index is 14.0. The number of anilines is 3. The van der Waals surface area contributed by atoms with Gasteiger partial charge < -0.3 is 26.4 Å². The molecule has 40 heavy (non-hydrogen) atoms. The number of halogens is 4. The van der Waals surface area contributed by atoms with E-state index in [0.717, 1.165) is 12.8 Å². The van der Waals surface area contributed by atoms with Crippen molar-refractivity contribution in [2.24, 2.45) is 0 Å². The summed E-state index contributed by atoms with van der Waals surface area (Å²) in [7, 11) is 0. The zero-order chi connectivity index (χ0) is 28.4. The average Bonchev–Trinajstić information content (AvgIpc) is 3.57. The summed E-state index contributed by atoms with van der Waals surface area (Å²) in [6.07, 6.45) is -0.174. The van der Waals surface area contributed by atoms with Crippen molar-refractivity contribution >= 4 is 34.6 Å². The number of fused-ring (bicyclic) bond motifs is 1. The highest BCUT2D eigenvalue weighted by atomic mass is 19.4. The molecule has 3 amide bonds. The highest BCUT2D eigenvalue weighted by molar-refractivity contribution is 6.07. The van der Waals surface area contributed by atoms with Gasteiger partial charge in [0.2, 0.25) is 0 Å². The summed E-state index contributed by atoms with van der Waals surface area (Å²) in [6, 6.07) is 7.00. The van der Waals surface area contributed by atoms with Gasteiger partial charge >= 0.3 is 12.2 Å². The van der Waals surface area contributed by atoms with Crippen molar-refractivity contribution < 1.29 is 31.9 Å². The van der Waals surface area contributed by atoms with Crippen LogP contribution in [0, 0.1) is 5.82 Å². The SMILES string of the molecule is Nc1ncnn2cc(C(=O)NCC3CCCO3)c(-c3ccc(NC(=O)Nc4cc(C(F)(F)F)ccc4F)cc3)c12. The summed E-state index contributed by atoms with van der Waals surface area (Å²) < 4.78 is 59.9. The number of carbonyl (C=O) groups excluding carboxylic acids is 2. The predicted octanol–water partition coefficient (Wildman–Crippen LogP) is 4.69. The number of urea groups is 1. The van der Waals surface area contributed by atoms with E-state index in [1.165, 1.54) is 29.2 Å². The number of nitrogens with two attached hydrogens (primary N) is 1. The topological polar surface area (TPSA) is 136 Å². The Balaban J connectivity index is 1.36. The second-order valence-corrected chi connectivity index (χ2v) is 9.05. The minimum Gasteiger partial charge on any atom is -0.382 e. The number of alkyl halides is 3. The second-order valence-electron chi connectivity index (χ2n) is 9.05. The molecule has 5 rings (SSSR count). The van der Waals surface area contributed by atoms with Crippen molar-refractivity contribution in [3.05, 3.63) is 71.9 Å². The Bertz CT molecular complexity index is 1570. The lowest BCUT2D eigenvalue weighted by Crippen LogP contribution is -2.31. The van der Waals surface area contributed by atoms with E-state index in [9.17, 15) is 27.2 Å². The van der Waals surface area contributed by atoms with E-state index in [0.29, 0.717) is 53.6 Å². The van der Waals surface area contributed by atoms with Crippen LogP contribution in [0.5, 0.6) is 0 Å². The van der Waals surface area contributed by atoms with Crippen LogP contribution in [0.1, 0.15) is 28.8 Å². The molecule has 0 bridgehead atoms. The van der Waals surface area contributed by atoms with Crippen molar-refractivity contribution in [2.45, 2.75) is 25.1 Å². The summed E-state index contributed by atoms with van der Waals surface area (Å²) >= 11 is 0. The standard InChI is InChI=1S/C26H23F4N7O3/c27-19-8-5-15(26(28,29)30)10-20(19)36-25(39)35-16-6-3-14(4-7-16)21-18(12-37-22(21)23(31)33-13-34-37)24(38)32-11-17-2-1-9-40-17/h3-8,10,12-13,17H,1-2,9,11H2,(H,32,38)(H2,31,33,34)(H2,35,36,39). The number of nitrogens with one attached hydrogen (secondary N) is 3. The number of amides is 3.